The summed E-state index contributed by atoms with van der Waals surface area (Å²) in [6.07, 6.45) is -0.897. The zero-order valence-corrected chi connectivity index (χ0v) is 11.7. The average Bonchev–Trinajstić information content (AvgIpc) is 2.14. The first-order valence-corrected chi connectivity index (χ1v) is 5.59. The summed E-state index contributed by atoms with van der Waals surface area (Å²) in [6, 6.07) is -0.630. The SMILES string of the molecule is CO[C@@H](C)[C@H](C(C)=O)N(C)C(=O)OC(C)(C)C. The number of ketones is 1. The Morgan fingerprint density at radius 3 is 2.00 bits per heavy atom. The first-order valence-electron chi connectivity index (χ1n) is 5.59. The van der Waals surface area contributed by atoms with E-state index < -0.39 is 17.7 Å². The van der Waals surface area contributed by atoms with Crippen molar-refractivity contribution in [2.45, 2.75) is 52.4 Å². The van der Waals surface area contributed by atoms with E-state index in [1.54, 1.807) is 27.7 Å². The molecule has 0 N–H and O–H groups in total. The molecular weight excluding hydrogens is 222 g/mol. The maximum atomic E-state index is 11.8. The van der Waals surface area contributed by atoms with Crippen LogP contribution >= 0.6 is 0 Å². The molecule has 2 atom stereocenters. The van der Waals surface area contributed by atoms with Gasteiger partial charge in [0.1, 0.15) is 11.6 Å². The van der Waals surface area contributed by atoms with Crippen LogP contribution in [0.4, 0.5) is 4.79 Å². The van der Waals surface area contributed by atoms with Gasteiger partial charge in [0.15, 0.2) is 5.78 Å². The van der Waals surface area contributed by atoms with E-state index in [0.29, 0.717) is 0 Å². The quantitative estimate of drug-likeness (QED) is 0.758. The second kappa shape index (κ2) is 6.00. The van der Waals surface area contributed by atoms with Gasteiger partial charge in [0.2, 0.25) is 0 Å². The summed E-state index contributed by atoms with van der Waals surface area (Å²) in [6.45, 7) is 8.51. The lowest BCUT2D eigenvalue weighted by atomic mass is 10.1. The largest absolute Gasteiger partial charge is 0.444 e. The molecule has 0 aliphatic heterocycles. The highest BCUT2D eigenvalue weighted by molar-refractivity contribution is 5.86. The van der Waals surface area contributed by atoms with Gasteiger partial charge in [-0.25, -0.2) is 4.79 Å². The van der Waals surface area contributed by atoms with Crippen LogP contribution < -0.4 is 0 Å². The predicted octanol–water partition coefficient (Wildman–Crippen LogP) is 1.85. The Bertz CT molecular complexity index is 283. The van der Waals surface area contributed by atoms with Crippen molar-refractivity contribution in [2.24, 2.45) is 0 Å². The van der Waals surface area contributed by atoms with Crippen LogP contribution in [-0.4, -0.2) is 48.7 Å². The number of likely N-dealkylation sites (N-methyl/N-ethyl adjacent to an activating group) is 1. The second-order valence-corrected chi connectivity index (χ2v) is 5.09. The van der Waals surface area contributed by atoms with E-state index in [-0.39, 0.29) is 11.9 Å². The van der Waals surface area contributed by atoms with Gasteiger partial charge >= 0.3 is 6.09 Å². The Morgan fingerprint density at radius 2 is 1.71 bits per heavy atom. The molecule has 0 rings (SSSR count). The number of Topliss-reactive ketones (excluding diaryl/α,β-unsaturated/α-hetero) is 1. The van der Waals surface area contributed by atoms with Crippen LogP contribution in [0.3, 0.4) is 0 Å². The number of methoxy groups -OCH3 is 1. The molecule has 0 saturated heterocycles. The van der Waals surface area contributed by atoms with E-state index in [1.807, 2.05) is 0 Å². The van der Waals surface area contributed by atoms with Crippen molar-refractivity contribution in [1.29, 1.82) is 0 Å². The average molecular weight is 245 g/mol. The van der Waals surface area contributed by atoms with Crippen LogP contribution in [0, 0.1) is 0 Å². The first kappa shape index (κ1) is 15.9. The van der Waals surface area contributed by atoms with Gasteiger partial charge in [-0.1, -0.05) is 0 Å². The number of hydrogen-bond donors (Lipinski definition) is 0. The number of rotatable bonds is 4. The highest BCUT2D eigenvalue weighted by atomic mass is 16.6. The fourth-order valence-electron chi connectivity index (χ4n) is 1.49. The zero-order valence-electron chi connectivity index (χ0n) is 11.7. The number of carbonyl (C=O) groups excluding carboxylic acids is 2. The molecular formula is C12H23NO4. The van der Waals surface area contributed by atoms with E-state index in [2.05, 4.69) is 0 Å². The molecule has 0 heterocycles. The van der Waals surface area contributed by atoms with Gasteiger partial charge in [0.05, 0.1) is 6.10 Å². The van der Waals surface area contributed by atoms with Crippen molar-refractivity contribution in [1.82, 2.24) is 4.90 Å². The fraction of sp³-hybridized carbons (Fsp3) is 0.833. The molecule has 0 spiro atoms. The molecule has 0 unspecified atom stereocenters. The third kappa shape index (κ3) is 5.17. The summed E-state index contributed by atoms with van der Waals surface area (Å²) in [4.78, 5) is 24.6. The Kier molecular flexibility index (Phi) is 5.61. The monoisotopic (exact) mass is 245 g/mol. The molecule has 0 fully saturated rings. The normalized spacial score (nSPS) is 15.0. The third-order valence-corrected chi connectivity index (χ3v) is 2.33. The van der Waals surface area contributed by atoms with Gasteiger partial charge in [0, 0.05) is 14.2 Å². The van der Waals surface area contributed by atoms with Crippen LogP contribution in [0.2, 0.25) is 0 Å². The number of ether oxygens (including phenoxy) is 2. The standard InChI is InChI=1S/C12H23NO4/c1-8(14)10(9(2)16-7)13(6)11(15)17-12(3,4)5/h9-10H,1-7H3/t9-,10-/m0/s1. The molecule has 0 aliphatic carbocycles. The van der Waals surface area contributed by atoms with E-state index in [9.17, 15) is 9.59 Å². The molecule has 0 saturated carbocycles. The van der Waals surface area contributed by atoms with Crippen molar-refractivity contribution < 1.29 is 19.1 Å². The van der Waals surface area contributed by atoms with Crippen LogP contribution in [0.5, 0.6) is 0 Å². The van der Waals surface area contributed by atoms with E-state index in [1.165, 1.54) is 26.0 Å². The molecule has 5 heteroatoms. The van der Waals surface area contributed by atoms with Crippen molar-refractivity contribution >= 4 is 11.9 Å². The van der Waals surface area contributed by atoms with Gasteiger partial charge in [0.25, 0.3) is 0 Å². The van der Waals surface area contributed by atoms with Crippen LogP contribution in [-0.2, 0) is 14.3 Å². The predicted molar refractivity (Wildman–Crippen MR) is 64.9 cm³/mol. The second-order valence-electron chi connectivity index (χ2n) is 5.09. The molecule has 0 aromatic carbocycles. The zero-order chi connectivity index (χ0) is 13.8. The summed E-state index contributed by atoms with van der Waals surface area (Å²) in [7, 11) is 3.04. The summed E-state index contributed by atoms with van der Waals surface area (Å²) in [5.41, 5.74) is -0.580. The topological polar surface area (TPSA) is 55.8 Å². The Morgan fingerprint density at radius 1 is 1.24 bits per heavy atom. The van der Waals surface area contributed by atoms with Gasteiger partial charge in [-0.05, 0) is 34.6 Å². The number of hydrogen-bond acceptors (Lipinski definition) is 4. The van der Waals surface area contributed by atoms with Gasteiger partial charge in [-0.15, -0.1) is 0 Å². The van der Waals surface area contributed by atoms with Crippen LogP contribution in [0.15, 0.2) is 0 Å². The first-order chi connectivity index (χ1) is 7.60. The minimum absolute atomic E-state index is 0.132. The molecule has 1 amide bonds. The lowest BCUT2D eigenvalue weighted by Crippen LogP contribution is -2.50. The Balaban J connectivity index is 4.79. The fourth-order valence-corrected chi connectivity index (χ4v) is 1.49. The lowest BCUT2D eigenvalue weighted by molar-refractivity contribution is -0.126. The van der Waals surface area contributed by atoms with Crippen molar-refractivity contribution in [2.75, 3.05) is 14.2 Å². The summed E-state index contributed by atoms with van der Waals surface area (Å²) < 4.78 is 10.3. The molecule has 0 radical (unpaired) electrons. The van der Waals surface area contributed by atoms with Gasteiger partial charge in [-0.2, -0.15) is 0 Å². The van der Waals surface area contributed by atoms with E-state index in [0.717, 1.165) is 0 Å². The molecule has 0 bridgehead atoms. The number of nitrogens with zero attached hydrogens (tertiary/aromatic N) is 1. The molecule has 0 aliphatic rings. The van der Waals surface area contributed by atoms with Gasteiger partial charge in [-0.3, -0.25) is 9.69 Å². The lowest BCUT2D eigenvalue weighted by Gasteiger charge is -2.31. The van der Waals surface area contributed by atoms with Crippen LogP contribution in [0.1, 0.15) is 34.6 Å². The molecule has 0 aromatic heterocycles. The summed E-state index contributed by atoms with van der Waals surface area (Å²) in [5, 5.41) is 0. The maximum Gasteiger partial charge on any atom is 0.410 e. The van der Waals surface area contributed by atoms with E-state index >= 15 is 0 Å². The van der Waals surface area contributed by atoms with E-state index in [4.69, 9.17) is 9.47 Å². The number of carbonyl (C=O) groups is 2. The van der Waals surface area contributed by atoms with Crippen LogP contribution in [0.25, 0.3) is 0 Å². The molecule has 0 aromatic rings. The molecule has 17 heavy (non-hydrogen) atoms. The molecule has 5 nitrogen and oxygen atoms in total. The smallest absolute Gasteiger partial charge is 0.410 e. The minimum Gasteiger partial charge on any atom is -0.444 e. The van der Waals surface area contributed by atoms with Crippen molar-refractivity contribution in [3.05, 3.63) is 0 Å². The Labute approximate surface area is 103 Å². The maximum absolute atomic E-state index is 11.8. The Hall–Kier alpha value is -1.10. The van der Waals surface area contributed by atoms with Gasteiger partial charge < -0.3 is 9.47 Å². The molecule has 100 valence electrons. The summed E-state index contributed by atoms with van der Waals surface area (Å²) >= 11 is 0. The highest BCUT2D eigenvalue weighted by Gasteiger charge is 2.32. The van der Waals surface area contributed by atoms with Crippen molar-refractivity contribution in [3.8, 4) is 0 Å². The summed E-state index contributed by atoms with van der Waals surface area (Å²) in [5.74, 6) is -0.132. The third-order valence-electron chi connectivity index (χ3n) is 2.33. The highest BCUT2D eigenvalue weighted by Crippen LogP contribution is 2.13. The number of amides is 1. The minimum atomic E-state index is -0.630. The van der Waals surface area contributed by atoms with Crippen molar-refractivity contribution in [3.63, 3.8) is 0 Å².